The summed E-state index contributed by atoms with van der Waals surface area (Å²) in [7, 11) is 0. The highest BCUT2D eigenvalue weighted by molar-refractivity contribution is 6.39. The van der Waals surface area contributed by atoms with Gasteiger partial charge in [-0.3, -0.25) is 14.9 Å². The number of imide groups is 2. The lowest BCUT2D eigenvalue weighted by molar-refractivity contribution is -0.145. The van der Waals surface area contributed by atoms with Crippen LogP contribution in [0.5, 0.6) is 11.5 Å². The number of carbonyl (C=O) groups excluding carboxylic acids is 4. The highest BCUT2D eigenvalue weighted by atomic mass is 35.5. The first-order valence-electron chi connectivity index (χ1n) is 10.9. The van der Waals surface area contributed by atoms with Gasteiger partial charge in [0.05, 0.1) is 23.9 Å². The Kier molecular flexibility index (Phi) is 8.14. The van der Waals surface area contributed by atoms with Crippen LogP contribution in [0.4, 0.5) is 10.5 Å². The van der Waals surface area contributed by atoms with E-state index >= 15 is 0 Å². The lowest BCUT2D eigenvalue weighted by Crippen LogP contribution is -2.54. The van der Waals surface area contributed by atoms with Gasteiger partial charge in [-0.1, -0.05) is 17.7 Å². The highest BCUT2D eigenvalue weighted by Gasteiger charge is 2.37. The van der Waals surface area contributed by atoms with Crippen LogP contribution in [-0.2, 0) is 19.1 Å². The van der Waals surface area contributed by atoms with Gasteiger partial charge in [-0.25, -0.2) is 14.5 Å². The largest absolute Gasteiger partial charge is 0.490 e. The molecule has 1 heterocycles. The normalized spacial score (nSPS) is 14.7. The molecule has 1 fully saturated rings. The number of barbiturate groups is 1. The Labute approximate surface area is 207 Å². The van der Waals surface area contributed by atoms with Crippen molar-refractivity contribution in [3.8, 4) is 11.5 Å². The zero-order valence-corrected chi connectivity index (χ0v) is 20.5. The van der Waals surface area contributed by atoms with Gasteiger partial charge in [0.1, 0.15) is 5.57 Å². The molecular formula is C25H25ClN2O7. The Morgan fingerprint density at radius 3 is 2.31 bits per heavy atom. The van der Waals surface area contributed by atoms with Gasteiger partial charge in [-0.2, -0.15) is 0 Å². The van der Waals surface area contributed by atoms with E-state index in [2.05, 4.69) is 5.32 Å². The summed E-state index contributed by atoms with van der Waals surface area (Å²) in [5, 5.41) is 2.29. The summed E-state index contributed by atoms with van der Waals surface area (Å²) < 4.78 is 15.9. The molecule has 3 rings (SSSR count). The molecule has 2 aromatic rings. The van der Waals surface area contributed by atoms with Crippen LogP contribution in [0, 0.1) is 13.8 Å². The highest BCUT2D eigenvalue weighted by Crippen LogP contribution is 2.37. The molecule has 0 bridgehead atoms. The third-order valence-corrected chi connectivity index (χ3v) is 5.13. The van der Waals surface area contributed by atoms with Crippen molar-refractivity contribution in [2.24, 2.45) is 0 Å². The van der Waals surface area contributed by atoms with Crippen molar-refractivity contribution in [3.05, 3.63) is 57.6 Å². The fraction of sp³-hybridized carbons (Fsp3) is 0.280. The second kappa shape index (κ2) is 11.1. The van der Waals surface area contributed by atoms with Gasteiger partial charge in [0.2, 0.25) is 0 Å². The number of carbonyl (C=O) groups is 4. The number of halogens is 1. The van der Waals surface area contributed by atoms with Crippen LogP contribution in [-0.4, -0.2) is 43.6 Å². The maximum Gasteiger partial charge on any atom is 0.344 e. The van der Waals surface area contributed by atoms with Crippen molar-refractivity contribution in [1.82, 2.24) is 5.32 Å². The molecule has 0 saturated carbocycles. The van der Waals surface area contributed by atoms with Crippen LogP contribution in [0.2, 0.25) is 5.02 Å². The Morgan fingerprint density at radius 1 is 1.00 bits per heavy atom. The van der Waals surface area contributed by atoms with E-state index in [4.69, 9.17) is 25.8 Å². The first-order chi connectivity index (χ1) is 16.6. The topological polar surface area (TPSA) is 111 Å². The number of aryl methyl sites for hydroxylation is 2. The molecule has 35 heavy (non-hydrogen) atoms. The van der Waals surface area contributed by atoms with Crippen molar-refractivity contribution >= 4 is 47.2 Å². The van der Waals surface area contributed by atoms with Gasteiger partial charge in [0.15, 0.2) is 18.1 Å². The Balaban J connectivity index is 1.98. The average molecular weight is 501 g/mol. The first-order valence-corrected chi connectivity index (χ1v) is 11.3. The minimum atomic E-state index is -0.836. The molecule has 4 amide bonds. The number of benzene rings is 2. The number of urea groups is 1. The molecule has 0 radical (unpaired) electrons. The molecule has 0 aliphatic carbocycles. The molecule has 1 saturated heterocycles. The molecule has 184 valence electrons. The summed E-state index contributed by atoms with van der Waals surface area (Å²) in [6.45, 7) is 7.21. The number of nitrogens with zero attached hydrogens (tertiary/aromatic N) is 1. The second-order valence-corrected chi connectivity index (χ2v) is 8.07. The minimum absolute atomic E-state index is 0.0954. The fourth-order valence-corrected chi connectivity index (χ4v) is 3.82. The van der Waals surface area contributed by atoms with Crippen molar-refractivity contribution in [1.29, 1.82) is 0 Å². The summed E-state index contributed by atoms with van der Waals surface area (Å²) in [5.74, 6) is -1.85. The molecule has 1 N–H and O–H groups in total. The summed E-state index contributed by atoms with van der Waals surface area (Å²) in [4.78, 5) is 50.8. The van der Waals surface area contributed by atoms with Gasteiger partial charge in [-0.15, -0.1) is 0 Å². The van der Waals surface area contributed by atoms with E-state index in [-0.39, 0.29) is 41.9 Å². The minimum Gasteiger partial charge on any atom is -0.490 e. The molecule has 9 nitrogen and oxygen atoms in total. The molecule has 0 unspecified atom stereocenters. The summed E-state index contributed by atoms with van der Waals surface area (Å²) >= 11 is 6.37. The van der Waals surface area contributed by atoms with E-state index in [0.29, 0.717) is 11.3 Å². The average Bonchev–Trinajstić information content (AvgIpc) is 2.75. The van der Waals surface area contributed by atoms with Crippen LogP contribution in [0.25, 0.3) is 6.08 Å². The van der Waals surface area contributed by atoms with Crippen molar-refractivity contribution in [2.75, 3.05) is 24.7 Å². The monoisotopic (exact) mass is 500 g/mol. The molecule has 0 aromatic heterocycles. The predicted molar refractivity (Wildman–Crippen MR) is 130 cm³/mol. The lowest BCUT2D eigenvalue weighted by atomic mass is 10.0. The van der Waals surface area contributed by atoms with E-state index in [0.717, 1.165) is 16.0 Å². The first kappa shape index (κ1) is 25.8. The SMILES string of the molecule is CCOC(=O)COc1c(Cl)cc(/C=C2\C(=O)NC(=O)N(c3cc(C)cc(C)c3)C2=O)cc1OCC. The molecule has 10 heteroatoms. The van der Waals surface area contributed by atoms with Crippen LogP contribution >= 0.6 is 11.6 Å². The van der Waals surface area contributed by atoms with Crippen molar-refractivity contribution in [3.63, 3.8) is 0 Å². The maximum absolute atomic E-state index is 13.2. The number of anilines is 1. The summed E-state index contributed by atoms with van der Waals surface area (Å²) in [5.41, 5.74) is 2.15. The number of ether oxygens (including phenoxy) is 3. The number of nitrogens with one attached hydrogen (secondary N) is 1. The smallest absolute Gasteiger partial charge is 0.344 e. The Morgan fingerprint density at radius 2 is 1.69 bits per heavy atom. The summed E-state index contributed by atoms with van der Waals surface area (Å²) in [6.07, 6.45) is 1.31. The van der Waals surface area contributed by atoms with Crippen molar-refractivity contribution in [2.45, 2.75) is 27.7 Å². The number of hydrogen-bond acceptors (Lipinski definition) is 7. The third-order valence-electron chi connectivity index (χ3n) is 4.85. The zero-order valence-electron chi connectivity index (χ0n) is 19.8. The van der Waals surface area contributed by atoms with Crippen LogP contribution in [0.3, 0.4) is 0 Å². The van der Waals surface area contributed by atoms with Crippen LogP contribution in [0.1, 0.15) is 30.5 Å². The zero-order chi connectivity index (χ0) is 25.7. The van der Waals surface area contributed by atoms with E-state index in [1.165, 1.54) is 18.2 Å². The lowest BCUT2D eigenvalue weighted by Gasteiger charge is -2.27. The maximum atomic E-state index is 13.2. The molecule has 2 aromatic carbocycles. The molecule has 1 aliphatic heterocycles. The summed E-state index contributed by atoms with van der Waals surface area (Å²) in [6, 6.07) is 7.39. The fourth-order valence-electron chi connectivity index (χ4n) is 3.55. The van der Waals surface area contributed by atoms with E-state index < -0.39 is 23.8 Å². The number of esters is 1. The second-order valence-electron chi connectivity index (χ2n) is 7.66. The van der Waals surface area contributed by atoms with Crippen molar-refractivity contribution < 1.29 is 33.4 Å². The van der Waals surface area contributed by atoms with E-state index in [1.54, 1.807) is 26.0 Å². The molecule has 0 spiro atoms. The molecule has 0 atom stereocenters. The molecular weight excluding hydrogens is 476 g/mol. The number of amides is 4. The van der Waals surface area contributed by atoms with E-state index in [9.17, 15) is 19.2 Å². The number of rotatable bonds is 8. The van der Waals surface area contributed by atoms with Gasteiger partial charge >= 0.3 is 12.0 Å². The number of hydrogen-bond donors (Lipinski definition) is 1. The molecule has 1 aliphatic rings. The van der Waals surface area contributed by atoms with Gasteiger partial charge < -0.3 is 14.2 Å². The van der Waals surface area contributed by atoms with Gasteiger partial charge in [0, 0.05) is 0 Å². The Bertz CT molecular complexity index is 1200. The standard InChI is InChI=1S/C25H25ClN2O7/c1-5-33-20-12-16(11-19(26)22(20)35-13-21(29)34-6-2)10-18-23(30)27-25(32)28(24(18)31)17-8-14(3)7-15(4)9-17/h7-12H,5-6,13H2,1-4H3,(H,27,30,32)/b18-10+. The van der Waals surface area contributed by atoms with Crippen LogP contribution in [0.15, 0.2) is 35.9 Å². The van der Waals surface area contributed by atoms with Gasteiger partial charge in [0.25, 0.3) is 11.8 Å². The third kappa shape index (κ3) is 5.99. The van der Waals surface area contributed by atoms with Crippen LogP contribution < -0.4 is 19.7 Å². The van der Waals surface area contributed by atoms with Gasteiger partial charge in [-0.05, 0) is 74.7 Å². The Hall–Kier alpha value is -3.85. The van der Waals surface area contributed by atoms with E-state index in [1.807, 2.05) is 19.9 Å². The quantitative estimate of drug-likeness (QED) is 0.331. The predicted octanol–water partition coefficient (Wildman–Crippen LogP) is 3.96.